The molecule has 5 aliphatic rings. The maximum atomic E-state index is 10.00. The summed E-state index contributed by atoms with van der Waals surface area (Å²) in [6.45, 7) is 0. The first kappa shape index (κ1) is 31.4. The second kappa shape index (κ2) is 12.2. The van der Waals surface area contributed by atoms with Gasteiger partial charge in [-0.25, -0.2) is 15.0 Å². The first-order valence-corrected chi connectivity index (χ1v) is 19.4. The molecule has 0 unspecified atom stereocenters. The highest BCUT2D eigenvalue weighted by Gasteiger charge is 2.61. The van der Waals surface area contributed by atoms with E-state index in [1.807, 2.05) is 42.5 Å². The molecule has 0 amide bonds. The van der Waals surface area contributed by atoms with E-state index in [0.717, 1.165) is 45.2 Å². The molecule has 4 bridgehead atoms. The largest absolute Gasteiger partial charge is 0.208 e. The van der Waals surface area contributed by atoms with Crippen LogP contribution in [0.25, 0.3) is 67.5 Å². The molecule has 7 aromatic rings. The highest BCUT2D eigenvalue weighted by Crippen LogP contribution is 2.69. The normalized spacial score (nSPS) is 22.9. The zero-order chi connectivity index (χ0) is 35.8. The molecule has 4 nitrogen and oxygen atoms in total. The molecule has 0 atom stereocenters. The molecule has 1 heterocycles. The summed E-state index contributed by atoms with van der Waals surface area (Å²) in [6.07, 6.45) is 6.66. The summed E-state index contributed by atoms with van der Waals surface area (Å²) in [7, 11) is 0. The Kier molecular flexibility index (Phi) is 7.07. The van der Waals surface area contributed by atoms with E-state index in [1.54, 1.807) is 0 Å². The van der Waals surface area contributed by atoms with Crippen molar-refractivity contribution >= 4 is 0 Å². The average Bonchev–Trinajstić information content (AvgIpc) is 3.52. The fraction of sp³-hybridized carbons (Fsp3) is 0.200. The van der Waals surface area contributed by atoms with Crippen molar-refractivity contribution in [2.45, 2.75) is 37.5 Å². The molecular weight excluding hydrogens is 657 g/mol. The van der Waals surface area contributed by atoms with E-state index in [4.69, 9.17) is 15.0 Å². The number of benzene rings is 6. The van der Waals surface area contributed by atoms with Crippen LogP contribution >= 0.6 is 0 Å². The van der Waals surface area contributed by atoms with Crippen molar-refractivity contribution in [2.24, 2.45) is 23.7 Å². The van der Waals surface area contributed by atoms with E-state index in [9.17, 15) is 5.26 Å². The zero-order valence-corrected chi connectivity index (χ0v) is 30.0. The van der Waals surface area contributed by atoms with Gasteiger partial charge in [-0.1, -0.05) is 121 Å². The standard InChI is InChI=1S/C50H38N4/c51-30-31-16-19-41(34-10-4-1-5-11-34)43(27-31)37-17-20-42-44-28-38(18-21-45(44)50(46(42)29-37)39-23-32-22-33(25-39)26-40(50)24-32)49-53-47(35-12-6-2-7-13-35)52-48(54-49)36-14-8-3-9-15-36/h1-21,27-29,32-33,39-40H,22-26H2. The number of aromatic nitrogens is 3. The van der Waals surface area contributed by atoms with Crippen LogP contribution in [0.15, 0.2) is 146 Å². The second-order valence-electron chi connectivity index (χ2n) is 16.0. The third-order valence-corrected chi connectivity index (χ3v) is 13.1. The van der Waals surface area contributed by atoms with Crippen LogP contribution in [0.2, 0.25) is 0 Å². The van der Waals surface area contributed by atoms with Crippen LogP contribution in [0.4, 0.5) is 0 Å². The van der Waals surface area contributed by atoms with Crippen molar-refractivity contribution in [3.05, 3.63) is 162 Å². The SMILES string of the molecule is N#Cc1ccc(-c2ccccc2)c(-c2ccc3c(c2)C2(c4ccc(-c5nc(-c6ccccc6)nc(-c6ccccc6)n5)cc4-3)C3CC4CC(C3)CC2C4)c1. The highest BCUT2D eigenvalue weighted by molar-refractivity contribution is 5.90. The predicted octanol–water partition coefficient (Wildman–Crippen LogP) is 11.8. The molecule has 54 heavy (non-hydrogen) atoms. The van der Waals surface area contributed by atoms with E-state index in [-0.39, 0.29) is 5.41 Å². The third kappa shape index (κ3) is 4.78. The van der Waals surface area contributed by atoms with E-state index in [2.05, 4.69) is 109 Å². The maximum Gasteiger partial charge on any atom is 0.164 e. The number of hydrogen-bond acceptors (Lipinski definition) is 4. The van der Waals surface area contributed by atoms with Gasteiger partial charge in [0, 0.05) is 22.1 Å². The number of hydrogen-bond donors (Lipinski definition) is 0. The molecule has 5 aliphatic carbocycles. The lowest BCUT2D eigenvalue weighted by molar-refractivity contribution is -0.0399. The zero-order valence-electron chi connectivity index (χ0n) is 30.0. The average molecular weight is 695 g/mol. The van der Waals surface area contributed by atoms with Gasteiger partial charge < -0.3 is 0 Å². The van der Waals surface area contributed by atoms with Gasteiger partial charge in [-0.15, -0.1) is 0 Å². The first-order chi connectivity index (χ1) is 26.7. The Morgan fingerprint density at radius 3 is 1.56 bits per heavy atom. The molecule has 12 rings (SSSR count). The van der Waals surface area contributed by atoms with Crippen LogP contribution in [0.1, 0.15) is 48.8 Å². The van der Waals surface area contributed by atoms with Gasteiger partial charge in [-0.3, -0.25) is 0 Å². The van der Waals surface area contributed by atoms with Gasteiger partial charge >= 0.3 is 0 Å². The molecule has 6 aromatic carbocycles. The van der Waals surface area contributed by atoms with E-state index in [1.165, 1.54) is 59.9 Å². The lowest BCUT2D eigenvalue weighted by atomic mass is 9.43. The molecule has 4 saturated carbocycles. The fourth-order valence-corrected chi connectivity index (χ4v) is 11.2. The Morgan fingerprint density at radius 1 is 0.426 bits per heavy atom. The molecule has 0 N–H and O–H groups in total. The molecule has 4 heteroatoms. The number of fused-ring (bicyclic) bond motifs is 3. The number of nitriles is 1. The van der Waals surface area contributed by atoms with Gasteiger partial charge in [0.05, 0.1) is 11.6 Å². The third-order valence-electron chi connectivity index (χ3n) is 13.1. The number of rotatable bonds is 5. The first-order valence-electron chi connectivity index (χ1n) is 19.4. The lowest BCUT2D eigenvalue weighted by Crippen LogP contribution is -2.55. The van der Waals surface area contributed by atoms with Crippen molar-refractivity contribution in [1.82, 2.24) is 15.0 Å². The van der Waals surface area contributed by atoms with E-state index >= 15 is 0 Å². The monoisotopic (exact) mass is 694 g/mol. The van der Waals surface area contributed by atoms with Gasteiger partial charge in [-0.05, 0) is 125 Å². The Hall–Kier alpha value is -6.18. The van der Waals surface area contributed by atoms with E-state index in [0.29, 0.717) is 34.9 Å². The Bertz CT molecular complexity index is 2540. The van der Waals surface area contributed by atoms with Crippen LogP contribution in [-0.4, -0.2) is 15.0 Å². The quantitative estimate of drug-likeness (QED) is 0.180. The predicted molar refractivity (Wildman–Crippen MR) is 215 cm³/mol. The van der Waals surface area contributed by atoms with E-state index < -0.39 is 0 Å². The van der Waals surface area contributed by atoms with Gasteiger partial charge in [-0.2, -0.15) is 5.26 Å². The Labute approximate surface area is 316 Å². The summed E-state index contributed by atoms with van der Waals surface area (Å²) in [5.41, 5.74) is 13.9. The molecule has 0 aliphatic heterocycles. The minimum atomic E-state index is -0.0180. The van der Waals surface area contributed by atoms with Gasteiger partial charge in [0.2, 0.25) is 0 Å². The fourth-order valence-electron chi connectivity index (χ4n) is 11.2. The maximum absolute atomic E-state index is 10.00. The molecule has 1 aromatic heterocycles. The van der Waals surface area contributed by atoms with Crippen molar-refractivity contribution in [1.29, 1.82) is 5.26 Å². The van der Waals surface area contributed by atoms with Crippen molar-refractivity contribution in [2.75, 3.05) is 0 Å². The summed E-state index contributed by atoms with van der Waals surface area (Å²) < 4.78 is 0. The van der Waals surface area contributed by atoms with Crippen molar-refractivity contribution in [3.63, 3.8) is 0 Å². The molecule has 258 valence electrons. The lowest BCUT2D eigenvalue weighted by Gasteiger charge is -2.61. The molecule has 1 spiro atoms. The van der Waals surface area contributed by atoms with Crippen molar-refractivity contribution in [3.8, 4) is 73.6 Å². The topological polar surface area (TPSA) is 62.5 Å². The second-order valence-corrected chi connectivity index (χ2v) is 16.0. The molecule has 0 radical (unpaired) electrons. The minimum Gasteiger partial charge on any atom is -0.208 e. The molecule has 0 saturated heterocycles. The van der Waals surface area contributed by atoms with Crippen LogP contribution in [0.5, 0.6) is 0 Å². The van der Waals surface area contributed by atoms with Gasteiger partial charge in [0.15, 0.2) is 17.5 Å². The summed E-state index contributed by atoms with van der Waals surface area (Å²) in [5, 5.41) is 10.00. The minimum absolute atomic E-state index is 0.0180. The molecule has 4 fully saturated rings. The van der Waals surface area contributed by atoms with Gasteiger partial charge in [0.1, 0.15) is 0 Å². The van der Waals surface area contributed by atoms with Crippen LogP contribution < -0.4 is 0 Å². The van der Waals surface area contributed by atoms with Gasteiger partial charge in [0.25, 0.3) is 0 Å². The summed E-state index contributed by atoms with van der Waals surface area (Å²) in [5.74, 6) is 5.00. The highest BCUT2D eigenvalue weighted by atomic mass is 15.0. The Balaban J connectivity index is 1.11. The molecular formula is C50H38N4. The van der Waals surface area contributed by atoms with Crippen LogP contribution in [-0.2, 0) is 5.41 Å². The van der Waals surface area contributed by atoms with Crippen LogP contribution in [0, 0.1) is 35.0 Å². The van der Waals surface area contributed by atoms with Crippen LogP contribution in [0.3, 0.4) is 0 Å². The Morgan fingerprint density at radius 2 is 0.963 bits per heavy atom. The van der Waals surface area contributed by atoms with Crippen molar-refractivity contribution < 1.29 is 0 Å². The smallest absolute Gasteiger partial charge is 0.164 e. The summed E-state index contributed by atoms with van der Waals surface area (Å²) in [4.78, 5) is 15.2. The summed E-state index contributed by atoms with van der Waals surface area (Å²) in [6, 6.07) is 53.9. The number of nitrogens with zero attached hydrogens (tertiary/aromatic N) is 4. The summed E-state index contributed by atoms with van der Waals surface area (Å²) >= 11 is 0.